The first-order chi connectivity index (χ1) is 35.5. The SMILES string of the molecule is CC(C)(c1ccc(C(C)(c2cc(-c3ccc(O)cc3)c(O)c(-c3ccc(O)cc3)c2)c2cc(-c3ccc(O)cc3)c(O)c(-c3ccc(O)cc3)c2)cc1)c1cc(-c2ccc(O)cc2)c(O)c(-c2ccc(O)cc2)c1. The van der Waals surface area contributed by atoms with Crippen molar-refractivity contribution in [3.05, 3.63) is 234 Å². The Bertz CT molecular complexity index is 3330. The van der Waals surface area contributed by atoms with Gasteiger partial charge in [0.05, 0.1) is 0 Å². The number of aromatic hydroxyl groups is 9. The molecule has 0 radical (unpaired) electrons. The Kier molecular flexibility index (Phi) is 12.2. The third kappa shape index (κ3) is 8.92. The number of hydrogen-bond acceptors (Lipinski definition) is 9. The van der Waals surface area contributed by atoms with E-state index in [-0.39, 0.29) is 51.7 Å². The van der Waals surface area contributed by atoms with Crippen molar-refractivity contribution in [1.29, 1.82) is 0 Å². The molecule has 0 atom stereocenters. The number of rotatable bonds is 11. The molecule has 0 fully saturated rings. The van der Waals surface area contributed by atoms with Crippen LogP contribution in [0.15, 0.2) is 206 Å². The first kappa shape index (κ1) is 48.0. The molecular weight excluding hydrogens is 925 g/mol. The van der Waals surface area contributed by atoms with Gasteiger partial charge in [0, 0.05) is 44.2 Å². The average molecular weight is 977 g/mol. The molecule has 10 aromatic rings. The Morgan fingerprint density at radius 2 is 0.405 bits per heavy atom. The fraction of sp³-hybridized carbons (Fsp3) is 0.0769. The Morgan fingerprint density at radius 1 is 0.216 bits per heavy atom. The van der Waals surface area contributed by atoms with Crippen molar-refractivity contribution in [2.75, 3.05) is 0 Å². The summed E-state index contributed by atoms with van der Waals surface area (Å²) >= 11 is 0. The maximum atomic E-state index is 12.3. The minimum atomic E-state index is -1.10. The van der Waals surface area contributed by atoms with Crippen LogP contribution in [-0.2, 0) is 10.8 Å². The molecule has 9 nitrogen and oxygen atoms in total. The molecule has 74 heavy (non-hydrogen) atoms. The summed E-state index contributed by atoms with van der Waals surface area (Å²) in [6.45, 7) is 6.30. The van der Waals surface area contributed by atoms with Crippen LogP contribution in [-0.4, -0.2) is 46.0 Å². The molecule has 0 saturated heterocycles. The van der Waals surface area contributed by atoms with E-state index in [0.29, 0.717) is 66.8 Å². The lowest BCUT2D eigenvalue weighted by atomic mass is 9.68. The number of phenolic OH excluding ortho intramolecular Hbond substituents is 9. The second-order valence-corrected chi connectivity index (χ2v) is 19.4. The highest BCUT2D eigenvalue weighted by Crippen LogP contribution is 2.51. The Morgan fingerprint density at radius 3 is 0.622 bits per heavy atom. The van der Waals surface area contributed by atoms with Crippen molar-refractivity contribution in [2.24, 2.45) is 0 Å². The summed E-state index contributed by atoms with van der Waals surface area (Å²) < 4.78 is 0. The quantitative estimate of drug-likeness (QED) is 0.0570. The first-order valence-corrected chi connectivity index (χ1v) is 24.0. The molecule has 0 amide bonds. The van der Waals surface area contributed by atoms with E-state index in [0.717, 1.165) is 27.8 Å². The fourth-order valence-electron chi connectivity index (χ4n) is 9.89. The summed E-state index contributed by atoms with van der Waals surface area (Å²) in [7, 11) is 0. The maximum absolute atomic E-state index is 12.3. The van der Waals surface area contributed by atoms with Crippen LogP contribution in [0.4, 0.5) is 0 Å². The highest BCUT2D eigenvalue weighted by molar-refractivity contribution is 5.88. The van der Waals surface area contributed by atoms with Gasteiger partial charge in [-0.2, -0.15) is 0 Å². The van der Waals surface area contributed by atoms with E-state index in [1.807, 2.05) is 36.4 Å². The third-order valence-corrected chi connectivity index (χ3v) is 14.5. The van der Waals surface area contributed by atoms with Gasteiger partial charge in [0.15, 0.2) is 0 Å². The normalized spacial score (nSPS) is 11.7. The van der Waals surface area contributed by atoms with E-state index >= 15 is 0 Å². The van der Waals surface area contributed by atoms with Crippen LogP contribution in [0.3, 0.4) is 0 Å². The Hall–Kier alpha value is -9.60. The van der Waals surface area contributed by atoms with E-state index < -0.39 is 10.8 Å². The second-order valence-electron chi connectivity index (χ2n) is 19.4. The van der Waals surface area contributed by atoms with Gasteiger partial charge in [0.2, 0.25) is 0 Å². The summed E-state index contributed by atoms with van der Waals surface area (Å²) in [6.07, 6.45) is 0. The maximum Gasteiger partial charge on any atom is 0.131 e. The highest BCUT2D eigenvalue weighted by atomic mass is 16.3. The van der Waals surface area contributed by atoms with Gasteiger partial charge in [-0.1, -0.05) is 111 Å². The van der Waals surface area contributed by atoms with Crippen LogP contribution in [0, 0.1) is 0 Å². The zero-order chi connectivity index (χ0) is 52.1. The summed E-state index contributed by atoms with van der Waals surface area (Å²) in [5, 5.41) is 98.2. The molecule has 366 valence electrons. The van der Waals surface area contributed by atoms with Gasteiger partial charge in [-0.25, -0.2) is 0 Å². The van der Waals surface area contributed by atoms with E-state index in [1.165, 1.54) is 0 Å². The summed E-state index contributed by atoms with van der Waals surface area (Å²) in [6, 6.07) is 59.6. The second kappa shape index (κ2) is 18.9. The van der Waals surface area contributed by atoms with E-state index in [1.54, 1.807) is 146 Å². The molecule has 0 saturated carbocycles. The first-order valence-electron chi connectivity index (χ1n) is 24.0. The predicted molar refractivity (Wildman–Crippen MR) is 291 cm³/mol. The van der Waals surface area contributed by atoms with Crippen molar-refractivity contribution in [3.8, 4) is 119 Å². The minimum Gasteiger partial charge on any atom is -0.508 e. The Balaban J connectivity index is 1.22. The molecule has 9 N–H and O–H groups in total. The standard InChI is InChI=1S/C65H52O9/c1-64(2,46-32-55(38-4-20-49(66)21-5-38)61(72)56(33-46)39-6-22-50(67)23-7-39)44-16-18-45(19-17-44)65(3,47-34-57(40-8-24-51(68)25-9-40)62(73)58(35-47)41-10-26-52(69)27-11-41)48-36-59(42-12-28-53(70)29-13-42)63(74)60(37-48)43-14-30-54(71)31-15-43/h4-37,66-74H,1-3H3. The van der Waals surface area contributed by atoms with Crippen molar-refractivity contribution in [3.63, 3.8) is 0 Å². The molecule has 0 spiro atoms. The van der Waals surface area contributed by atoms with Crippen LogP contribution in [0.2, 0.25) is 0 Å². The van der Waals surface area contributed by atoms with Crippen LogP contribution in [0.5, 0.6) is 51.7 Å². The smallest absolute Gasteiger partial charge is 0.131 e. The van der Waals surface area contributed by atoms with Crippen LogP contribution >= 0.6 is 0 Å². The molecule has 0 aliphatic carbocycles. The summed E-state index contributed by atoms with van der Waals surface area (Å²) in [5.41, 5.74) is 9.29. The van der Waals surface area contributed by atoms with Gasteiger partial charge in [-0.05, 0) is 177 Å². The molecule has 0 unspecified atom stereocenters. The molecule has 0 bridgehead atoms. The van der Waals surface area contributed by atoms with Gasteiger partial charge in [-0.3, -0.25) is 0 Å². The average Bonchev–Trinajstić information content (AvgIpc) is 3.40. The van der Waals surface area contributed by atoms with Gasteiger partial charge in [0.25, 0.3) is 0 Å². The number of benzene rings is 10. The molecule has 9 heteroatoms. The van der Waals surface area contributed by atoms with Crippen molar-refractivity contribution in [2.45, 2.75) is 31.6 Å². The van der Waals surface area contributed by atoms with Crippen molar-refractivity contribution >= 4 is 0 Å². The zero-order valence-electron chi connectivity index (χ0n) is 40.7. The predicted octanol–water partition coefficient (Wildman–Crippen LogP) is 14.7. The lowest BCUT2D eigenvalue weighted by Crippen LogP contribution is -2.26. The lowest BCUT2D eigenvalue weighted by molar-refractivity contribution is 0.473. The summed E-state index contributed by atoms with van der Waals surface area (Å²) in [5.74, 6) is 0.440. The zero-order valence-corrected chi connectivity index (χ0v) is 40.7. The van der Waals surface area contributed by atoms with Gasteiger partial charge >= 0.3 is 0 Å². The largest absolute Gasteiger partial charge is 0.508 e. The molecule has 10 aromatic carbocycles. The van der Waals surface area contributed by atoms with E-state index in [4.69, 9.17) is 0 Å². The Labute approximate surface area is 428 Å². The topological polar surface area (TPSA) is 182 Å². The monoisotopic (exact) mass is 976 g/mol. The molecule has 0 aromatic heterocycles. The van der Waals surface area contributed by atoms with E-state index in [9.17, 15) is 46.0 Å². The number of hydrogen-bond donors (Lipinski definition) is 9. The molecular formula is C65H52O9. The molecule has 0 heterocycles. The van der Waals surface area contributed by atoms with Crippen molar-refractivity contribution in [1.82, 2.24) is 0 Å². The van der Waals surface area contributed by atoms with Crippen LogP contribution in [0.1, 0.15) is 48.6 Å². The molecule has 0 aliphatic heterocycles. The molecule has 0 aliphatic rings. The van der Waals surface area contributed by atoms with Crippen molar-refractivity contribution < 1.29 is 46.0 Å². The van der Waals surface area contributed by atoms with Gasteiger partial charge < -0.3 is 46.0 Å². The van der Waals surface area contributed by atoms with E-state index in [2.05, 4.69) is 45.0 Å². The summed E-state index contributed by atoms with van der Waals surface area (Å²) in [4.78, 5) is 0. The number of phenols is 9. The fourth-order valence-corrected chi connectivity index (χ4v) is 9.89. The highest BCUT2D eigenvalue weighted by Gasteiger charge is 2.36. The van der Waals surface area contributed by atoms with Crippen LogP contribution < -0.4 is 0 Å². The minimum absolute atomic E-state index is 0.0166. The van der Waals surface area contributed by atoms with Crippen LogP contribution in [0.25, 0.3) is 66.8 Å². The molecule has 10 rings (SSSR count). The third-order valence-electron chi connectivity index (χ3n) is 14.5. The van der Waals surface area contributed by atoms with Gasteiger partial charge in [0.1, 0.15) is 51.7 Å². The lowest BCUT2D eigenvalue weighted by Gasteiger charge is -2.35. The van der Waals surface area contributed by atoms with Gasteiger partial charge in [-0.15, -0.1) is 0 Å².